The van der Waals surface area contributed by atoms with E-state index in [0.717, 1.165) is 28.7 Å². The Kier molecular flexibility index (Phi) is 3.48. The van der Waals surface area contributed by atoms with Gasteiger partial charge in [0.2, 0.25) is 0 Å². The lowest BCUT2D eigenvalue weighted by molar-refractivity contribution is -0.138. The SMILES string of the molecule is O=C(O)[C@@H]1CCCN1c1ccc(Br)cc1-c1ccon1. The second kappa shape index (κ2) is 5.28. The van der Waals surface area contributed by atoms with Gasteiger partial charge >= 0.3 is 5.97 Å². The van der Waals surface area contributed by atoms with E-state index in [1.54, 1.807) is 6.07 Å². The van der Waals surface area contributed by atoms with Crippen LogP contribution < -0.4 is 4.90 Å². The zero-order valence-electron chi connectivity index (χ0n) is 10.6. The van der Waals surface area contributed by atoms with Crippen LogP contribution in [0.2, 0.25) is 0 Å². The molecule has 104 valence electrons. The van der Waals surface area contributed by atoms with Crippen molar-refractivity contribution in [2.45, 2.75) is 18.9 Å². The van der Waals surface area contributed by atoms with Crippen molar-refractivity contribution in [2.75, 3.05) is 11.4 Å². The Labute approximate surface area is 124 Å². The summed E-state index contributed by atoms with van der Waals surface area (Å²) in [6.07, 6.45) is 3.06. The van der Waals surface area contributed by atoms with Gasteiger partial charge in [0.15, 0.2) is 0 Å². The van der Waals surface area contributed by atoms with Gasteiger partial charge in [0.1, 0.15) is 18.0 Å². The van der Waals surface area contributed by atoms with Crippen molar-refractivity contribution in [3.05, 3.63) is 35.0 Å². The number of anilines is 1. The third kappa shape index (κ3) is 2.31. The number of aliphatic carboxylic acids is 1. The minimum absolute atomic E-state index is 0.471. The molecule has 1 N–H and O–H groups in total. The van der Waals surface area contributed by atoms with Crippen LogP contribution in [0, 0.1) is 0 Å². The smallest absolute Gasteiger partial charge is 0.326 e. The third-order valence-corrected chi connectivity index (χ3v) is 4.01. The lowest BCUT2D eigenvalue weighted by Crippen LogP contribution is -2.36. The molecule has 1 aromatic heterocycles. The van der Waals surface area contributed by atoms with Crippen LogP contribution in [0.15, 0.2) is 39.5 Å². The molecule has 3 rings (SSSR count). The van der Waals surface area contributed by atoms with E-state index in [1.165, 1.54) is 6.26 Å². The van der Waals surface area contributed by atoms with E-state index in [4.69, 9.17) is 4.52 Å². The molecule has 1 aromatic carbocycles. The molecule has 0 saturated carbocycles. The van der Waals surface area contributed by atoms with Crippen LogP contribution in [0.5, 0.6) is 0 Å². The summed E-state index contributed by atoms with van der Waals surface area (Å²) in [5, 5.41) is 13.3. The molecule has 2 aromatic rings. The molecule has 20 heavy (non-hydrogen) atoms. The molecule has 0 unspecified atom stereocenters. The Morgan fingerprint density at radius 3 is 3.00 bits per heavy atom. The van der Waals surface area contributed by atoms with Crippen molar-refractivity contribution in [3.8, 4) is 11.3 Å². The van der Waals surface area contributed by atoms with Crippen LogP contribution in [0.3, 0.4) is 0 Å². The summed E-state index contributed by atoms with van der Waals surface area (Å²) in [5.41, 5.74) is 2.46. The van der Waals surface area contributed by atoms with E-state index in [9.17, 15) is 9.90 Å². The van der Waals surface area contributed by atoms with Crippen LogP contribution in [0.1, 0.15) is 12.8 Å². The molecule has 5 nitrogen and oxygen atoms in total. The predicted octanol–water partition coefficient (Wildman–Crippen LogP) is 3.16. The van der Waals surface area contributed by atoms with Crippen LogP contribution in [-0.4, -0.2) is 28.8 Å². The maximum atomic E-state index is 11.4. The molecule has 1 saturated heterocycles. The zero-order valence-corrected chi connectivity index (χ0v) is 12.2. The van der Waals surface area contributed by atoms with Gasteiger partial charge < -0.3 is 14.5 Å². The Morgan fingerprint density at radius 2 is 2.30 bits per heavy atom. The van der Waals surface area contributed by atoms with Gasteiger partial charge in [-0.25, -0.2) is 4.79 Å². The fraction of sp³-hybridized carbons (Fsp3) is 0.286. The van der Waals surface area contributed by atoms with E-state index in [0.29, 0.717) is 12.1 Å². The summed E-state index contributed by atoms with van der Waals surface area (Å²) in [6.45, 7) is 0.740. The Hall–Kier alpha value is -1.82. The molecule has 6 heteroatoms. The molecule has 0 spiro atoms. The number of aromatic nitrogens is 1. The van der Waals surface area contributed by atoms with Crippen molar-refractivity contribution < 1.29 is 14.4 Å². The van der Waals surface area contributed by atoms with Gasteiger partial charge in [0.05, 0.1) is 0 Å². The van der Waals surface area contributed by atoms with Crippen LogP contribution >= 0.6 is 15.9 Å². The van der Waals surface area contributed by atoms with Gasteiger partial charge in [-0.05, 0) is 31.0 Å². The second-order valence-corrected chi connectivity index (χ2v) is 5.65. The van der Waals surface area contributed by atoms with Crippen LogP contribution in [-0.2, 0) is 4.79 Å². The van der Waals surface area contributed by atoms with Gasteiger partial charge in [-0.2, -0.15) is 0 Å². The molecule has 0 bridgehead atoms. The highest BCUT2D eigenvalue weighted by atomic mass is 79.9. The lowest BCUT2D eigenvalue weighted by Gasteiger charge is -2.25. The van der Waals surface area contributed by atoms with Crippen molar-refractivity contribution in [3.63, 3.8) is 0 Å². The third-order valence-electron chi connectivity index (χ3n) is 3.52. The van der Waals surface area contributed by atoms with E-state index >= 15 is 0 Å². The van der Waals surface area contributed by atoms with E-state index in [2.05, 4.69) is 21.1 Å². The molecule has 1 atom stereocenters. The van der Waals surface area contributed by atoms with E-state index in [-0.39, 0.29) is 0 Å². The number of carboxylic acids is 1. The van der Waals surface area contributed by atoms with Gasteiger partial charge in [-0.15, -0.1) is 0 Å². The first kappa shape index (κ1) is 13.2. The molecule has 0 radical (unpaired) electrons. The van der Waals surface area contributed by atoms with Gasteiger partial charge in [-0.1, -0.05) is 21.1 Å². The minimum atomic E-state index is -0.781. The first-order valence-electron chi connectivity index (χ1n) is 6.36. The average molecular weight is 337 g/mol. The molecular weight excluding hydrogens is 324 g/mol. The summed E-state index contributed by atoms with van der Waals surface area (Å²) in [6, 6.07) is 7.08. The highest BCUT2D eigenvalue weighted by Gasteiger charge is 2.32. The zero-order chi connectivity index (χ0) is 14.1. The summed E-state index contributed by atoms with van der Waals surface area (Å²) in [4.78, 5) is 13.3. The quantitative estimate of drug-likeness (QED) is 0.932. The van der Waals surface area contributed by atoms with Crippen LogP contribution in [0.4, 0.5) is 5.69 Å². The van der Waals surface area contributed by atoms with Crippen molar-refractivity contribution in [2.24, 2.45) is 0 Å². The maximum absolute atomic E-state index is 11.4. The number of nitrogens with zero attached hydrogens (tertiary/aromatic N) is 2. The molecular formula is C14H13BrN2O3. The number of carboxylic acid groups (broad SMARTS) is 1. The molecule has 2 heterocycles. The fourth-order valence-corrected chi connectivity index (χ4v) is 2.99. The van der Waals surface area contributed by atoms with Crippen LogP contribution in [0.25, 0.3) is 11.3 Å². The molecule has 1 aliphatic heterocycles. The van der Waals surface area contributed by atoms with Crippen molar-refractivity contribution in [1.82, 2.24) is 5.16 Å². The molecule has 1 fully saturated rings. The molecule has 0 amide bonds. The fourth-order valence-electron chi connectivity index (χ4n) is 2.63. The summed E-state index contributed by atoms with van der Waals surface area (Å²) in [7, 11) is 0. The standard InChI is InChI=1S/C14H13BrN2O3/c15-9-3-4-12(10(8-9)11-5-7-20-16-11)17-6-1-2-13(17)14(18)19/h3-5,7-8,13H,1-2,6H2,(H,18,19)/t13-/m0/s1. The normalized spacial score (nSPS) is 18.4. The predicted molar refractivity (Wildman–Crippen MR) is 77.6 cm³/mol. The number of benzene rings is 1. The largest absolute Gasteiger partial charge is 0.480 e. The Balaban J connectivity index is 2.07. The summed E-state index contributed by atoms with van der Waals surface area (Å²) in [5.74, 6) is -0.781. The number of rotatable bonds is 3. The van der Waals surface area contributed by atoms with Crippen molar-refractivity contribution in [1.29, 1.82) is 0 Å². The number of hydrogen-bond donors (Lipinski definition) is 1. The van der Waals surface area contributed by atoms with Crippen molar-refractivity contribution >= 4 is 27.6 Å². The molecule has 0 aliphatic carbocycles. The monoisotopic (exact) mass is 336 g/mol. The molecule has 1 aliphatic rings. The number of hydrogen-bond acceptors (Lipinski definition) is 4. The van der Waals surface area contributed by atoms with Gasteiger partial charge in [0, 0.05) is 28.3 Å². The highest BCUT2D eigenvalue weighted by molar-refractivity contribution is 9.10. The average Bonchev–Trinajstić information content (AvgIpc) is 3.10. The van der Waals surface area contributed by atoms with Gasteiger partial charge in [-0.3, -0.25) is 0 Å². The number of carbonyl (C=O) groups is 1. The highest BCUT2D eigenvalue weighted by Crippen LogP contribution is 2.36. The Morgan fingerprint density at radius 1 is 1.45 bits per heavy atom. The minimum Gasteiger partial charge on any atom is -0.480 e. The van der Waals surface area contributed by atoms with E-state index < -0.39 is 12.0 Å². The second-order valence-electron chi connectivity index (χ2n) is 4.74. The summed E-state index contributed by atoms with van der Waals surface area (Å²) >= 11 is 3.44. The van der Waals surface area contributed by atoms with E-state index in [1.807, 2.05) is 23.1 Å². The topological polar surface area (TPSA) is 66.6 Å². The number of halogens is 1. The van der Waals surface area contributed by atoms with Gasteiger partial charge in [0.25, 0.3) is 0 Å². The maximum Gasteiger partial charge on any atom is 0.326 e. The first-order chi connectivity index (χ1) is 9.66. The first-order valence-corrected chi connectivity index (χ1v) is 7.16. The lowest BCUT2D eigenvalue weighted by atomic mass is 10.1. The Bertz CT molecular complexity index is 627. The summed E-state index contributed by atoms with van der Waals surface area (Å²) < 4.78 is 5.82.